The maximum Gasteiger partial charge on any atom is 0.254 e. The predicted octanol–water partition coefficient (Wildman–Crippen LogP) is 5.54. The highest BCUT2D eigenvalue weighted by molar-refractivity contribution is 5.94. The van der Waals surface area contributed by atoms with Crippen molar-refractivity contribution in [2.45, 2.75) is 45.8 Å². The van der Waals surface area contributed by atoms with Crippen LogP contribution in [0.2, 0.25) is 0 Å². The van der Waals surface area contributed by atoms with Gasteiger partial charge in [-0.2, -0.15) is 0 Å². The summed E-state index contributed by atoms with van der Waals surface area (Å²) < 4.78 is 2.17. The van der Waals surface area contributed by atoms with Crippen LogP contribution in [0.15, 0.2) is 97.2 Å². The van der Waals surface area contributed by atoms with Gasteiger partial charge >= 0.3 is 0 Å². The number of nitrogens with zero attached hydrogens (tertiary/aromatic N) is 3. The Morgan fingerprint density at radius 3 is 2.11 bits per heavy atom. The van der Waals surface area contributed by atoms with Gasteiger partial charge in [0.25, 0.3) is 5.91 Å². The van der Waals surface area contributed by atoms with Gasteiger partial charge in [0.05, 0.1) is 18.3 Å². The third kappa shape index (κ3) is 6.57. The van der Waals surface area contributed by atoms with Crippen molar-refractivity contribution < 1.29 is 9.90 Å². The van der Waals surface area contributed by atoms with Crippen molar-refractivity contribution in [1.82, 2.24) is 14.5 Å². The molecule has 38 heavy (non-hydrogen) atoms. The lowest BCUT2D eigenvalue weighted by atomic mass is 9.84. The minimum absolute atomic E-state index is 0.0776. The van der Waals surface area contributed by atoms with Gasteiger partial charge in [0.2, 0.25) is 0 Å². The van der Waals surface area contributed by atoms with E-state index >= 15 is 0 Å². The van der Waals surface area contributed by atoms with Crippen LogP contribution in [0.3, 0.4) is 0 Å². The maximum absolute atomic E-state index is 14.0. The molecule has 1 aromatic heterocycles. The van der Waals surface area contributed by atoms with E-state index in [-0.39, 0.29) is 24.0 Å². The van der Waals surface area contributed by atoms with E-state index in [1.54, 1.807) is 0 Å². The molecule has 4 aromatic rings. The fraction of sp³-hybridized carbons (Fsp3) is 0.312. The summed E-state index contributed by atoms with van der Waals surface area (Å²) in [4.78, 5) is 21.1. The number of rotatable bonds is 10. The van der Waals surface area contributed by atoms with Gasteiger partial charge < -0.3 is 20.3 Å². The highest BCUT2D eigenvalue weighted by Gasteiger charge is 2.38. The minimum Gasteiger partial charge on any atom is -0.395 e. The van der Waals surface area contributed by atoms with Crippen LogP contribution >= 0.6 is 0 Å². The van der Waals surface area contributed by atoms with E-state index in [2.05, 4.69) is 55.8 Å². The van der Waals surface area contributed by atoms with Gasteiger partial charge in [-0.1, -0.05) is 99.6 Å². The number of benzene rings is 3. The minimum atomic E-state index is -0.411. The number of nitrogens with two attached hydrogens (primary N) is 1. The number of aliphatic hydroxyl groups is 1. The van der Waals surface area contributed by atoms with Crippen LogP contribution in [0.4, 0.5) is 0 Å². The number of carbonyl (C=O) groups is 1. The van der Waals surface area contributed by atoms with Crippen molar-refractivity contribution in [2.75, 3.05) is 13.2 Å². The fourth-order valence-electron chi connectivity index (χ4n) is 4.79. The zero-order valence-electron chi connectivity index (χ0n) is 22.5. The molecule has 1 heterocycles. The zero-order chi connectivity index (χ0) is 27.1. The smallest absolute Gasteiger partial charge is 0.254 e. The summed E-state index contributed by atoms with van der Waals surface area (Å²) >= 11 is 0. The van der Waals surface area contributed by atoms with Gasteiger partial charge in [-0.05, 0) is 29.5 Å². The Morgan fingerprint density at radius 2 is 1.53 bits per heavy atom. The summed E-state index contributed by atoms with van der Waals surface area (Å²) in [5, 5.41) is 9.61. The summed E-state index contributed by atoms with van der Waals surface area (Å²) in [5.74, 6) is 0.744. The number of imidazole rings is 1. The van der Waals surface area contributed by atoms with Gasteiger partial charge in [0.15, 0.2) is 0 Å². The van der Waals surface area contributed by atoms with Gasteiger partial charge in [0, 0.05) is 36.5 Å². The van der Waals surface area contributed by atoms with Crippen LogP contribution in [-0.4, -0.2) is 44.7 Å². The molecule has 1 amide bonds. The first kappa shape index (κ1) is 27.3. The monoisotopic (exact) mass is 510 g/mol. The molecule has 0 radical (unpaired) electrons. The van der Waals surface area contributed by atoms with E-state index in [1.165, 1.54) is 0 Å². The molecule has 4 rings (SSSR count). The molecule has 0 aliphatic rings. The first-order valence-electron chi connectivity index (χ1n) is 13.2. The number of aromatic nitrogens is 2. The summed E-state index contributed by atoms with van der Waals surface area (Å²) in [5.41, 5.74) is 9.42. The highest BCUT2D eigenvalue weighted by Crippen LogP contribution is 2.40. The molecule has 0 saturated carbocycles. The lowest BCUT2D eigenvalue weighted by Crippen LogP contribution is -2.44. The van der Waals surface area contributed by atoms with Crippen molar-refractivity contribution in [3.63, 3.8) is 0 Å². The predicted molar refractivity (Wildman–Crippen MR) is 153 cm³/mol. The van der Waals surface area contributed by atoms with Crippen molar-refractivity contribution in [3.8, 4) is 11.3 Å². The molecule has 0 spiro atoms. The number of hydrogen-bond acceptors (Lipinski definition) is 4. The third-order valence-corrected chi connectivity index (χ3v) is 6.71. The fourth-order valence-corrected chi connectivity index (χ4v) is 4.79. The molecule has 198 valence electrons. The molecule has 0 bridgehead atoms. The molecule has 6 heteroatoms. The topological polar surface area (TPSA) is 84.4 Å². The van der Waals surface area contributed by atoms with Crippen molar-refractivity contribution >= 4 is 5.91 Å². The van der Waals surface area contributed by atoms with E-state index in [9.17, 15) is 9.90 Å². The Morgan fingerprint density at radius 1 is 0.947 bits per heavy atom. The van der Waals surface area contributed by atoms with Crippen LogP contribution in [0.1, 0.15) is 55.0 Å². The molecule has 0 aliphatic heterocycles. The molecule has 0 fully saturated rings. The molecule has 2 unspecified atom stereocenters. The van der Waals surface area contributed by atoms with Crippen LogP contribution in [0.25, 0.3) is 11.3 Å². The zero-order valence-corrected chi connectivity index (χ0v) is 22.5. The molecular weight excluding hydrogens is 472 g/mol. The van der Waals surface area contributed by atoms with Crippen LogP contribution in [0.5, 0.6) is 0 Å². The summed E-state index contributed by atoms with van der Waals surface area (Å²) in [6.07, 6.45) is 2.56. The number of amides is 1. The van der Waals surface area contributed by atoms with Gasteiger partial charge in [-0.3, -0.25) is 4.79 Å². The van der Waals surface area contributed by atoms with Crippen molar-refractivity contribution in [2.24, 2.45) is 11.1 Å². The maximum atomic E-state index is 14.0. The van der Waals surface area contributed by atoms with E-state index in [0.29, 0.717) is 25.1 Å². The third-order valence-electron chi connectivity index (χ3n) is 6.71. The molecule has 6 nitrogen and oxygen atoms in total. The van der Waals surface area contributed by atoms with E-state index in [0.717, 1.165) is 22.6 Å². The second-order valence-corrected chi connectivity index (χ2v) is 10.8. The first-order chi connectivity index (χ1) is 18.3. The Bertz CT molecular complexity index is 1300. The average molecular weight is 511 g/mol. The molecule has 0 aliphatic carbocycles. The van der Waals surface area contributed by atoms with Gasteiger partial charge in [-0.15, -0.1) is 0 Å². The Kier molecular flexibility index (Phi) is 8.77. The lowest BCUT2D eigenvalue weighted by Gasteiger charge is -2.40. The van der Waals surface area contributed by atoms with Crippen molar-refractivity contribution in [3.05, 3.63) is 114 Å². The Labute approximate surface area is 225 Å². The summed E-state index contributed by atoms with van der Waals surface area (Å²) in [6, 6.07) is 29.0. The molecule has 0 saturated heterocycles. The highest BCUT2D eigenvalue weighted by atomic mass is 16.3. The summed E-state index contributed by atoms with van der Waals surface area (Å²) in [6.45, 7) is 7.31. The molecule has 3 aromatic carbocycles. The average Bonchev–Trinajstić information content (AvgIpc) is 3.33. The van der Waals surface area contributed by atoms with E-state index in [4.69, 9.17) is 10.7 Å². The van der Waals surface area contributed by atoms with E-state index < -0.39 is 6.04 Å². The summed E-state index contributed by atoms with van der Waals surface area (Å²) in [7, 11) is 0. The largest absolute Gasteiger partial charge is 0.395 e. The van der Waals surface area contributed by atoms with Crippen LogP contribution in [0, 0.1) is 5.41 Å². The Balaban J connectivity index is 1.85. The number of aliphatic hydroxyl groups excluding tert-OH is 1. The Hall–Kier alpha value is -3.74. The molecule has 2 atom stereocenters. The van der Waals surface area contributed by atoms with Crippen molar-refractivity contribution in [1.29, 1.82) is 0 Å². The quantitative estimate of drug-likeness (QED) is 0.293. The SMILES string of the molecule is CC(C)(C)C(c1nc(-c2ccccc2)cn1Cc1ccccc1)N(CCC(N)CO)C(=O)c1ccccc1. The van der Waals surface area contributed by atoms with E-state index in [1.807, 2.05) is 71.6 Å². The van der Waals surface area contributed by atoms with Gasteiger partial charge in [0.1, 0.15) is 5.82 Å². The second kappa shape index (κ2) is 12.2. The lowest BCUT2D eigenvalue weighted by molar-refractivity contribution is 0.0467. The first-order valence-corrected chi connectivity index (χ1v) is 13.2. The second-order valence-electron chi connectivity index (χ2n) is 10.8. The standard InChI is InChI=1S/C32H38N4O2/c1-32(2,3)29(36(20-19-27(33)23-37)31(38)26-17-11-6-12-18-26)30-34-28(25-15-9-5-10-16-25)22-35(30)21-24-13-7-4-8-14-24/h4-18,22,27,29,37H,19-21,23,33H2,1-3H3. The van der Waals surface area contributed by atoms with Crippen LogP contribution < -0.4 is 5.73 Å². The molecule has 3 N–H and O–H groups in total. The number of carbonyl (C=O) groups excluding carboxylic acids is 1. The molecular formula is C32H38N4O2. The number of hydrogen-bond donors (Lipinski definition) is 2. The van der Waals surface area contributed by atoms with Gasteiger partial charge in [-0.25, -0.2) is 4.98 Å². The normalized spacial score (nSPS) is 13.2. The van der Waals surface area contributed by atoms with Crippen LogP contribution in [-0.2, 0) is 6.54 Å².